The van der Waals surface area contributed by atoms with Gasteiger partial charge in [-0.3, -0.25) is 14.4 Å². The van der Waals surface area contributed by atoms with E-state index in [4.69, 9.17) is 4.74 Å². The van der Waals surface area contributed by atoms with E-state index in [0.717, 1.165) is 50.5 Å². The molecular formula is C36H54N4O6. The van der Waals surface area contributed by atoms with Crippen LogP contribution in [0.1, 0.15) is 120 Å². The fraction of sp³-hybridized carbons (Fsp3) is 0.778. The third kappa shape index (κ3) is 6.74. The highest BCUT2D eigenvalue weighted by Crippen LogP contribution is 2.52. The standard InChI is InChI=1S/C36H54N4O6/c1-25(20-26-8-7-9-26)31(42)39-15-14-36(45,35(23-39)12-5-6-13-35)24-40-22-29(28(21-30(40)41)27-10-11-27)32(43)37-16-18-38(19-17-37)33(44)46-34(2,3)4/h21-22,25-27,45H,5-20,23-24H2,1-4H3/t25-,36-/m1/s1. The molecule has 0 aromatic carbocycles. The number of carbonyl (C=O) groups excluding carboxylic acids is 3. The molecule has 1 N–H and O–H groups in total. The van der Waals surface area contributed by atoms with Crippen molar-refractivity contribution in [2.75, 3.05) is 39.3 Å². The van der Waals surface area contributed by atoms with E-state index >= 15 is 0 Å². The molecule has 2 saturated heterocycles. The predicted molar refractivity (Wildman–Crippen MR) is 175 cm³/mol. The average molecular weight is 639 g/mol. The molecule has 0 radical (unpaired) electrons. The largest absolute Gasteiger partial charge is 0.444 e. The van der Waals surface area contributed by atoms with Gasteiger partial charge in [-0.05, 0) is 76.7 Å². The van der Waals surface area contributed by atoms with E-state index < -0.39 is 16.6 Å². The quantitative estimate of drug-likeness (QED) is 0.461. The van der Waals surface area contributed by atoms with Crippen molar-refractivity contribution in [2.24, 2.45) is 17.3 Å². The van der Waals surface area contributed by atoms with Crippen LogP contribution < -0.4 is 5.56 Å². The smallest absolute Gasteiger partial charge is 0.410 e. The second kappa shape index (κ2) is 12.6. The molecule has 5 fully saturated rings. The molecule has 10 heteroatoms. The zero-order chi connectivity index (χ0) is 32.9. The molecule has 6 rings (SSSR count). The Morgan fingerprint density at radius 2 is 1.59 bits per heavy atom. The van der Waals surface area contributed by atoms with Crippen molar-refractivity contribution in [3.05, 3.63) is 33.7 Å². The number of piperidine rings is 1. The first kappa shape index (κ1) is 33.0. The fourth-order valence-corrected chi connectivity index (χ4v) is 8.42. The Labute approximate surface area is 273 Å². The van der Waals surface area contributed by atoms with Crippen molar-refractivity contribution < 1.29 is 24.2 Å². The van der Waals surface area contributed by atoms with Gasteiger partial charge in [0.15, 0.2) is 0 Å². The summed E-state index contributed by atoms with van der Waals surface area (Å²) in [4.78, 5) is 59.1. The van der Waals surface area contributed by atoms with Gasteiger partial charge in [-0.25, -0.2) is 4.79 Å². The van der Waals surface area contributed by atoms with Crippen molar-refractivity contribution >= 4 is 17.9 Å². The van der Waals surface area contributed by atoms with Gasteiger partial charge >= 0.3 is 6.09 Å². The number of piperazine rings is 1. The number of ether oxygens (including phenoxy) is 1. The first-order valence-electron chi connectivity index (χ1n) is 17.8. The van der Waals surface area contributed by atoms with E-state index in [1.807, 2.05) is 25.7 Å². The normalized spacial score (nSPS) is 25.8. The molecule has 0 unspecified atom stereocenters. The summed E-state index contributed by atoms with van der Waals surface area (Å²) in [6.45, 7) is 10.2. The topological polar surface area (TPSA) is 112 Å². The molecular weight excluding hydrogens is 584 g/mol. The number of hydrogen-bond donors (Lipinski definition) is 1. The summed E-state index contributed by atoms with van der Waals surface area (Å²) in [5.74, 6) is 0.919. The van der Waals surface area contributed by atoms with Crippen LogP contribution in [0.2, 0.25) is 0 Å². The van der Waals surface area contributed by atoms with Crippen LogP contribution in [0.3, 0.4) is 0 Å². The van der Waals surface area contributed by atoms with Gasteiger partial charge in [0, 0.05) is 62.9 Å². The highest BCUT2D eigenvalue weighted by molar-refractivity contribution is 5.96. The van der Waals surface area contributed by atoms with Gasteiger partial charge in [-0.15, -0.1) is 0 Å². The summed E-state index contributed by atoms with van der Waals surface area (Å²) < 4.78 is 7.08. The first-order valence-corrected chi connectivity index (χ1v) is 17.8. The summed E-state index contributed by atoms with van der Waals surface area (Å²) in [6, 6.07) is 1.62. The van der Waals surface area contributed by atoms with Crippen LogP contribution >= 0.6 is 0 Å². The lowest BCUT2D eigenvalue weighted by molar-refractivity contribution is -0.163. The second-order valence-corrected chi connectivity index (χ2v) is 16.1. The summed E-state index contributed by atoms with van der Waals surface area (Å²) in [5.41, 5.74) is -1.07. The molecule has 46 heavy (non-hydrogen) atoms. The van der Waals surface area contributed by atoms with Crippen molar-refractivity contribution in [2.45, 2.75) is 122 Å². The van der Waals surface area contributed by atoms with Crippen molar-refractivity contribution in [1.29, 1.82) is 0 Å². The molecule has 2 aliphatic heterocycles. The van der Waals surface area contributed by atoms with Crippen molar-refractivity contribution in [3.8, 4) is 0 Å². The maximum absolute atomic E-state index is 14.0. The highest BCUT2D eigenvalue weighted by Gasteiger charge is 2.56. The molecule has 1 spiro atoms. The van der Waals surface area contributed by atoms with E-state index in [1.54, 1.807) is 26.6 Å². The van der Waals surface area contributed by atoms with Gasteiger partial charge < -0.3 is 29.1 Å². The molecule has 254 valence electrons. The molecule has 1 aromatic rings. The molecule has 3 saturated carbocycles. The lowest BCUT2D eigenvalue weighted by atomic mass is 9.65. The van der Waals surface area contributed by atoms with E-state index in [-0.39, 0.29) is 41.8 Å². The van der Waals surface area contributed by atoms with E-state index in [1.165, 1.54) is 19.3 Å². The summed E-state index contributed by atoms with van der Waals surface area (Å²) >= 11 is 0. The molecule has 0 bridgehead atoms. The number of aromatic nitrogens is 1. The molecule has 3 amide bonds. The predicted octanol–water partition coefficient (Wildman–Crippen LogP) is 4.77. The zero-order valence-corrected chi connectivity index (χ0v) is 28.4. The highest BCUT2D eigenvalue weighted by atomic mass is 16.6. The van der Waals surface area contributed by atoms with Crippen LogP contribution in [-0.2, 0) is 16.1 Å². The van der Waals surface area contributed by atoms with E-state index in [9.17, 15) is 24.3 Å². The van der Waals surface area contributed by atoms with Gasteiger partial charge in [0.25, 0.3) is 11.5 Å². The number of pyridine rings is 1. The Bertz CT molecular complexity index is 1380. The number of amides is 3. The van der Waals surface area contributed by atoms with Crippen molar-refractivity contribution in [3.63, 3.8) is 0 Å². The molecule has 2 atom stereocenters. The van der Waals surface area contributed by atoms with Gasteiger partial charge in [-0.1, -0.05) is 39.0 Å². The van der Waals surface area contributed by atoms with Crippen LogP contribution in [0.15, 0.2) is 17.1 Å². The van der Waals surface area contributed by atoms with Crippen LogP contribution in [0.4, 0.5) is 4.79 Å². The maximum Gasteiger partial charge on any atom is 0.410 e. The van der Waals surface area contributed by atoms with Gasteiger partial charge in [0.1, 0.15) is 5.60 Å². The number of hydrogen-bond acceptors (Lipinski definition) is 6. The van der Waals surface area contributed by atoms with Crippen LogP contribution in [-0.4, -0.2) is 92.8 Å². The molecule has 10 nitrogen and oxygen atoms in total. The molecule has 5 aliphatic rings. The van der Waals surface area contributed by atoms with Crippen LogP contribution in [0, 0.1) is 17.3 Å². The number of rotatable bonds is 7. The van der Waals surface area contributed by atoms with E-state index in [2.05, 4.69) is 6.92 Å². The van der Waals surface area contributed by atoms with Crippen LogP contribution in [0.5, 0.6) is 0 Å². The van der Waals surface area contributed by atoms with Crippen molar-refractivity contribution in [1.82, 2.24) is 19.3 Å². The Kier molecular flexibility index (Phi) is 9.06. The average Bonchev–Trinajstić information content (AvgIpc) is 3.73. The first-order chi connectivity index (χ1) is 21.8. The number of aliphatic hydroxyl groups is 1. The SMILES string of the molecule is C[C@H](CC1CCC1)C(=O)N1CC[C@@](O)(Cn2cc(C(=O)N3CCN(C(=O)OC(C)(C)C)CC3)c(C3CC3)cc2=O)C2(CCCC2)C1. The summed E-state index contributed by atoms with van der Waals surface area (Å²) in [5, 5.41) is 12.4. The number of likely N-dealkylation sites (tertiary alicyclic amines) is 1. The fourth-order valence-electron chi connectivity index (χ4n) is 8.42. The van der Waals surface area contributed by atoms with Crippen LogP contribution in [0.25, 0.3) is 0 Å². The second-order valence-electron chi connectivity index (χ2n) is 16.1. The lowest BCUT2D eigenvalue weighted by Crippen LogP contribution is -2.62. The monoisotopic (exact) mass is 638 g/mol. The zero-order valence-electron chi connectivity index (χ0n) is 28.4. The number of carbonyl (C=O) groups is 3. The third-order valence-electron chi connectivity index (χ3n) is 11.5. The minimum Gasteiger partial charge on any atom is -0.444 e. The maximum atomic E-state index is 14.0. The molecule has 3 aliphatic carbocycles. The Morgan fingerprint density at radius 1 is 0.935 bits per heavy atom. The van der Waals surface area contributed by atoms with Gasteiger partial charge in [-0.2, -0.15) is 0 Å². The minimum absolute atomic E-state index is 0.00731. The van der Waals surface area contributed by atoms with E-state index in [0.29, 0.717) is 57.2 Å². The minimum atomic E-state index is -1.15. The lowest BCUT2D eigenvalue weighted by Gasteiger charge is -2.53. The third-order valence-corrected chi connectivity index (χ3v) is 11.5. The van der Waals surface area contributed by atoms with Gasteiger partial charge in [0.05, 0.1) is 17.7 Å². The Balaban J connectivity index is 1.19. The Hall–Kier alpha value is -2.88. The number of nitrogens with zero attached hydrogens (tertiary/aromatic N) is 4. The van der Waals surface area contributed by atoms with Gasteiger partial charge in [0.2, 0.25) is 5.91 Å². The Morgan fingerprint density at radius 3 is 2.17 bits per heavy atom. The summed E-state index contributed by atoms with van der Waals surface area (Å²) in [6.07, 6.45) is 11.9. The molecule has 1 aromatic heterocycles. The molecule has 3 heterocycles. The summed E-state index contributed by atoms with van der Waals surface area (Å²) in [7, 11) is 0.